The lowest BCUT2D eigenvalue weighted by molar-refractivity contribution is 0.0508. The first kappa shape index (κ1) is 24.3. The molecule has 36 heavy (non-hydrogen) atoms. The number of fused-ring (bicyclic) bond motifs is 1. The van der Waals surface area contributed by atoms with E-state index >= 15 is 0 Å². The molecule has 0 saturated carbocycles. The van der Waals surface area contributed by atoms with E-state index < -0.39 is 0 Å². The van der Waals surface area contributed by atoms with Crippen LogP contribution in [0, 0.1) is 5.92 Å². The van der Waals surface area contributed by atoms with Crippen LogP contribution >= 0.6 is 0 Å². The maximum Gasteiger partial charge on any atom is 0.355 e. The molecule has 1 fully saturated rings. The van der Waals surface area contributed by atoms with Gasteiger partial charge in [0.2, 0.25) is 0 Å². The molecule has 0 aliphatic carbocycles. The van der Waals surface area contributed by atoms with Gasteiger partial charge >= 0.3 is 5.97 Å². The predicted molar refractivity (Wildman–Crippen MR) is 147 cm³/mol. The van der Waals surface area contributed by atoms with Gasteiger partial charge in [-0.15, -0.1) is 0 Å². The van der Waals surface area contributed by atoms with Crippen molar-refractivity contribution >= 4 is 16.9 Å². The lowest BCUT2D eigenvalue weighted by atomic mass is 9.83. The Morgan fingerprint density at radius 2 is 1.58 bits per heavy atom. The van der Waals surface area contributed by atoms with Crippen molar-refractivity contribution in [2.75, 3.05) is 19.7 Å². The number of nitrogens with zero attached hydrogens (tertiary/aromatic N) is 1. The van der Waals surface area contributed by atoms with Crippen LogP contribution in [0.4, 0.5) is 0 Å². The molecule has 2 heterocycles. The molecule has 2 unspecified atom stereocenters. The first-order valence-corrected chi connectivity index (χ1v) is 13.3. The number of hydrogen-bond donors (Lipinski definition) is 1. The Balaban J connectivity index is 1.85. The molecule has 4 heteroatoms. The molecule has 0 radical (unpaired) electrons. The summed E-state index contributed by atoms with van der Waals surface area (Å²) in [7, 11) is 0. The van der Waals surface area contributed by atoms with Gasteiger partial charge in [0.1, 0.15) is 5.69 Å². The van der Waals surface area contributed by atoms with Gasteiger partial charge in [-0.2, -0.15) is 0 Å². The van der Waals surface area contributed by atoms with Crippen LogP contribution in [-0.4, -0.2) is 30.2 Å². The van der Waals surface area contributed by atoms with Gasteiger partial charge in [-0.3, -0.25) is 0 Å². The molecule has 1 aliphatic rings. The van der Waals surface area contributed by atoms with E-state index in [0.717, 1.165) is 48.8 Å². The third kappa shape index (κ3) is 4.58. The molecule has 1 aromatic heterocycles. The van der Waals surface area contributed by atoms with Gasteiger partial charge in [0.05, 0.1) is 6.61 Å². The van der Waals surface area contributed by atoms with E-state index in [0.29, 0.717) is 18.2 Å². The number of carbonyl (C=O) groups excluding carboxylic acids is 1. The molecule has 1 aliphatic heterocycles. The summed E-state index contributed by atoms with van der Waals surface area (Å²) in [4.78, 5) is 13.9. The van der Waals surface area contributed by atoms with Crippen LogP contribution < -0.4 is 5.32 Å². The topological polar surface area (TPSA) is 43.3 Å². The van der Waals surface area contributed by atoms with Crippen molar-refractivity contribution in [2.24, 2.45) is 5.92 Å². The monoisotopic (exact) mass is 480 g/mol. The Kier molecular flexibility index (Phi) is 7.52. The fourth-order valence-corrected chi connectivity index (χ4v) is 6.03. The lowest BCUT2D eigenvalue weighted by Crippen LogP contribution is -2.26. The average molecular weight is 481 g/mol. The van der Waals surface area contributed by atoms with E-state index in [9.17, 15) is 4.79 Å². The van der Waals surface area contributed by atoms with E-state index in [2.05, 4.69) is 89.6 Å². The highest BCUT2D eigenvalue weighted by Gasteiger charge is 2.35. The van der Waals surface area contributed by atoms with Crippen molar-refractivity contribution in [3.05, 3.63) is 107 Å². The van der Waals surface area contributed by atoms with Crippen LogP contribution in [0.3, 0.4) is 0 Å². The second kappa shape index (κ2) is 11.1. The molecule has 0 bridgehead atoms. The number of nitrogens with one attached hydrogen (secondary N) is 1. The maximum atomic E-state index is 13.9. The molecule has 1 N–H and O–H groups in total. The fraction of sp³-hybridized carbons (Fsp3) is 0.344. The van der Waals surface area contributed by atoms with Crippen molar-refractivity contribution in [2.45, 2.75) is 45.1 Å². The summed E-state index contributed by atoms with van der Waals surface area (Å²) in [5.74, 6) is 0.170. The van der Waals surface area contributed by atoms with E-state index in [1.54, 1.807) is 0 Å². The standard InChI is InChI=1S/C32H36N2O2/c1-3-13-27(25-20-21-33-22-25)34-28-19-12-11-18-26(28)30(31(34)32(35)36-4-2)29(23-14-7-5-8-15-23)24-16-9-6-10-17-24/h5-12,14-19,25,27,29,33H,3-4,13,20-22H2,1-2H3. The second-order valence-corrected chi connectivity index (χ2v) is 9.73. The van der Waals surface area contributed by atoms with Crippen molar-refractivity contribution in [1.82, 2.24) is 9.88 Å². The van der Waals surface area contributed by atoms with Gasteiger partial charge < -0.3 is 14.6 Å². The summed E-state index contributed by atoms with van der Waals surface area (Å²) >= 11 is 0. The highest BCUT2D eigenvalue weighted by atomic mass is 16.5. The van der Waals surface area contributed by atoms with Crippen LogP contribution in [0.1, 0.15) is 72.2 Å². The minimum absolute atomic E-state index is 0.0815. The van der Waals surface area contributed by atoms with Crippen LogP contribution in [0.5, 0.6) is 0 Å². The Morgan fingerprint density at radius 1 is 0.944 bits per heavy atom. The number of esters is 1. The smallest absolute Gasteiger partial charge is 0.355 e. The minimum Gasteiger partial charge on any atom is -0.461 e. The molecule has 3 aromatic carbocycles. The van der Waals surface area contributed by atoms with Gasteiger partial charge in [0.15, 0.2) is 0 Å². The molecule has 0 amide bonds. The third-order valence-electron chi connectivity index (χ3n) is 7.53. The first-order valence-electron chi connectivity index (χ1n) is 13.3. The van der Waals surface area contributed by atoms with Gasteiger partial charge in [-0.05, 0) is 56.0 Å². The quantitative estimate of drug-likeness (QED) is 0.264. The molecule has 2 atom stereocenters. The Bertz CT molecular complexity index is 1250. The SMILES string of the molecule is CCCC(C1CCNC1)n1c(C(=O)OCC)c(C(c2ccccc2)c2ccccc2)c2ccccc21. The van der Waals surface area contributed by atoms with Crippen molar-refractivity contribution < 1.29 is 9.53 Å². The van der Waals surface area contributed by atoms with E-state index in [1.165, 1.54) is 11.1 Å². The number of aromatic nitrogens is 1. The van der Waals surface area contributed by atoms with Gasteiger partial charge in [-0.1, -0.05) is 92.2 Å². The predicted octanol–water partition coefficient (Wildman–Crippen LogP) is 6.95. The zero-order valence-electron chi connectivity index (χ0n) is 21.3. The number of ether oxygens (including phenoxy) is 1. The van der Waals surface area contributed by atoms with Crippen LogP contribution in [0.15, 0.2) is 84.9 Å². The third-order valence-corrected chi connectivity index (χ3v) is 7.53. The lowest BCUT2D eigenvalue weighted by Gasteiger charge is -2.28. The van der Waals surface area contributed by atoms with Crippen LogP contribution in [0.2, 0.25) is 0 Å². The zero-order valence-corrected chi connectivity index (χ0v) is 21.3. The van der Waals surface area contributed by atoms with E-state index in [4.69, 9.17) is 4.74 Å². The highest BCUT2D eigenvalue weighted by molar-refractivity contribution is 6.00. The van der Waals surface area contributed by atoms with Gasteiger partial charge in [0, 0.05) is 28.4 Å². The molecular formula is C32H36N2O2. The number of hydrogen-bond acceptors (Lipinski definition) is 3. The summed E-state index contributed by atoms with van der Waals surface area (Å²) in [6.07, 6.45) is 3.21. The molecule has 186 valence electrons. The summed E-state index contributed by atoms with van der Waals surface area (Å²) in [5, 5.41) is 4.68. The van der Waals surface area contributed by atoms with Gasteiger partial charge in [-0.25, -0.2) is 4.79 Å². The summed E-state index contributed by atoms with van der Waals surface area (Å²) in [6.45, 7) is 6.49. The van der Waals surface area contributed by atoms with Crippen LogP contribution in [0.25, 0.3) is 10.9 Å². The summed E-state index contributed by atoms with van der Waals surface area (Å²) < 4.78 is 8.13. The summed E-state index contributed by atoms with van der Waals surface area (Å²) in [5.41, 5.74) is 5.23. The minimum atomic E-state index is -0.229. The fourth-order valence-electron chi connectivity index (χ4n) is 6.03. The Labute approximate surface area is 214 Å². The molecular weight excluding hydrogens is 444 g/mol. The average Bonchev–Trinajstić information content (AvgIpc) is 3.56. The summed E-state index contributed by atoms with van der Waals surface area (Å²) in [6, 6.07) is 29.9. The molecule has 1 saturated heterocycles. The van der Waals surface area contributed by atoms with Crippen molar-refractivity contribution in [1.29, 1.82) is 0 Å². The molecule has 4 nitrogen and oxygen atoms in total. The largest absolute Gasteiger partial charge is 0.461 e. The van der Waals surface area contributed by atoms with E-state index in [-0.39, 0.29) is 17.9 Å². The number of benzene rings is 3. The van der Waals surface area contributed by atoms with Crippen molar-refractivity contribution in [3.63, 3.8) is 0 Å². The number of carbonyl (C=O) groups is 1. The van der Waals surface area contributed by atoms with Gasteiger partial charge in [0.25, 0.3) is 0 Å². The first-order chi connectivity index (χ1) is 17.7. The van der Waals surface area contributed by atoms with Crippen molar-refractivity contribution in [3.8, 4) is 0 Å². The number of para-hydroxylation sites is 1. The van der Waals surface area contributed by atoms with E-state index in [1.807, 2.05) is 19.1 Å². The Hall–Kier alpha value is -3.37. The maximum absolute atomic E-state index is 13.9. The molecule has 4 aromatic rings. The number of rotatable bonds is 9. The zero-order chi connectivity index (χ0) is 24.9. The Morgan fingerprint density at radius 3 is 2.17 bits per heavy atom. The van der Waals surface area contributed by atoms with Crippen LogP contribution in [-0.2, 0) is 4.74 Å². The second-order valence-electron chi connectivity index (χ2n) is 9.73. The normalized spacial score (nSPS) is 16.5. The highest BCUT2D eigenvalue weighted by Crippen LogP contribution is 2.43. The molecule has 5 rings (SSSR count). The molecule has 0 spiro atoms.